The van der Waals surface area contributed by atoms with Gasteiger partial charge >= 0.3 is 0 Å². The van der Waals surface area contributed by atoms with Gasteiger partial charge in [0.05, 0.1) is 11.8 Å². The zero-order valence-corrected chi connectivity index (χ0v) is 13.3. The summed E-state index contributed by atoms with van der Waals surface area (Å²) in [5.74, 6) is 3.09. The largest absolute Gasteiger partial charge is 0.374 e. The van der Waals surface area contributed by atoms with Gasteiger partial charge in [0.1, 0.15) is 0 Å². The summed E-state index contributed by atoms with van der Waals surface area (Å²) in [6, 6.07) is 0.417. The molecule has 1 aromatic rings. The smallest absolute Gasteiger partial charge is 0.0783 e. The molecule has 1 aromatic heterocycles. The molecule has 20 heavy (non-hydrogen) atoms. The molecule has 0 aromatic carbocycles. The Kier molecular flexibility index (Phi) is 4.38. The van der Waals surface area contributed by atoms with Crippen molar-refractivity contribution >= 4 is 11.8 Å². The molecule has 0 bridgehead atoms. The van der Waals surface area contributed by atoms with E-state index in [1.807, 2.05) is 29.7 Å². The quantitative estimate of drug-likeness (QED) is 0.925. The average Bonchev–Trinajstić information content (AvgIpc) is 3.06. The van der Waals surface area contributed by atoms with Crippen LogP contribution in [0.25, 0.3) is 0 Å². The van der Waals surface area contributed by atoms with Gasteiger partial charge in [0.2, 0.25) is 0 Å². The Morgan fingerprint density at radius 2 is 2.55 bits per heavy atom. The predicted molar refractivity (Wildman–Crippen MR) is 83.0 cm³/mol. The van der Waals surface area contributed by atoms with Gasteiger partial charge in [-0.1, -0.05) is 6.92 Å². The third-order valence-corrected chi connectivity index (χ3v) is 5.80. The van der Waals surface area contributed by atoms with Crippen LogP contribution in [0, 0.1) is 5.92 Å². The number of thioether (sulfide) groups is 1. The van der Waals surface area contributed by atoms with E-state index >= 15 is 0 Å². The number of hydrogen-bond acceptors (Lipinski definition) is 4. The molecule has 0 amide bonds. The number of ether oxygens (including phenoxy) is 1. The first-order chi connectivity index (χ1) is 9.72. The molecule has 1 N–H and O–H groups in total. The van der Waals surface area contributed by atoms with E-state index in [-0.39, 0.29) is 5.60 Å². The summed E-state index contributed by atoms with van der Waals surface area (Å²) < 4.78 is 8.06. The SMILES string of the molecule is CCNC(c1cnn(C)c1)C1CCOC2(CCSC2)C1. The number of nitrogens with one attached hydrogen (secondary N) is 1. The van der Waals surface area contributed by atoms with Crippen molar-refractivity contribution in [1.29, 1.82) is 0 Å². The highest BCUT2D eigenvalue weighted by molar-refractivity contribution is 7.99. The minimum atomic E-state index is 0.156. The van der Waals surface area contributed by atoms with Gasteiger partial charge < -0.3 is 10.1 Å². The molecule has 0 radical (unpaired) electrons. The van der Waals surface area contributed by atoms with Crippen molar-refractivity contribution in [2.45, 2.75) is 37.8 Å². The summed E-state index contributed by atoms with van der Waals surface area (Å²) in [5, 5.41) is 8.02. The van der Waals surface area contributed by atoms with E-state index in [0.29, 0.717) is 12.0 Å². The van der Waals surface area contributed by atoms with E-state index in [1.165, 1.54) is 29.9 Å². The molecular formula is C15H25N3OS. The minimum Gasteiger partial charge on any atom is -0.374 e. The van der Waals surface area contributed by atoms with Crippen LogP contribution in [0.1, 0.15) is 37.8 Å². The van der Waals surface area contributed by atoms with Crippen molar-refractivity contribution in [3.05, 3.63) is 18.0 Å². The van der Waals surface area contributed by atoms with Gasteiger partial charge in [-0.15, -0.1) is 0 Å². The second-order valence-electron chi connectivity index (χ2n) is 6.07. The number of hydrogen-bond donors (Lipinski definition) is 1. The van der Waals surface area contributed by atoms with E-state index in [2.05, 4.69) is 23.5 Å². The first kappa shape index (κ1) is 14.4. The fraction of sp³-hybridized carbons (Fsp3) is 0.800. The molecule has 2 aliphatic heterocycles. The van der Waals surface area contributed by atoms with Crippen molar-refractivity contribution in [2.24, 2.45) is 13.0 Å². The second-order valence-corrected chi connectivity index (χ2v) is 7.17. The Morgan fingerprint density at radius 1 is 1.65 bits per heavy atom. The van der Waals surface area contributed by atoms with Crippen molar-refractivity contribution in [2.75, 3.05) is 24.7 Å². The number of aryl methyl sites for hydroxylation is 1. The van der Waals surface area contributed by atoms with Gasteiger partial charge in [-0.25, -0.2) is 0 Å². The highest BCUT2D eigenvalue weighted by atomic mass is 32.2. The summed E-state index contributed by atoms with van der Waals surface area (Å²) in [5.41, 5.74) is 1.48. The maximum Gasteiger partial charge on any atom is 0.0783 e. The highest BCUT2D eigenvalue weighted by Gasteiger charge is 2.42. The molecular weight excluding hydrogens is 270 g/mol. The summed E-state index contributed by atoms with van der Waals surface area (Å²) in [6.45, 7) is 4.09. The van der Waals surface area contributed by atoms with E-state index in [9.17, 15) is 0 Å². The monoisotopic (exact) mass is 295 g/mol. The Hall–Kier alpha value is -0.520. The Labute approximate surface area is 125 Å². The fourth-order valence-corrected chi connectivity index (χ4v) is 4.97. The maximum absolute atomic E-state index is 6.16. The van der Waals surface area contributed by atoms with Crippen LogP contribution < -0.4 is 5.32 Å². The van der Waals surface area contributed by atoms with Gasteiger partial charge in [-0.05, 0) is 37.5 Å². The molecule has 2 saturated heterocycles. The fourth-order valence-electron chi connectivity index (χ4n) is 3.59. The first-order valence-electron chi connectivity index (χ1n) is 7.66. The lowest BCUT2D eigenvalue weighted by molar-refractivity contribution is -0.0853. The van der Waals surface area contributed by atoms with Crippen LogP contribution in [0.2, 0.25) is 0 Å². The first-order valence-corrected chi connectivity index (χ1v) is 8.81. The molecule has 3 unspecified atom stereocenters. The number of nitrogens with zero attached hydrogens (tertiary/aromatic N) is 2. The molecule has 5 heteroatoms. The molecule has 4 nitrogen and oxygen atoms in total. The summed E-state index contributed by atoms with van der Waals surface area (Å²) in [7, 11) is 1.99. The third-order valence-electron chi connectivity index (χ3n) is 4.58. The topological polar surface area (TPSA) is 39.1 Å². The van der Waals surface area contributed by atoms with Crippen LogP contribution in [0.3, 0.4) is 0 Å². The van der Waals surface area contributed by atoms with E-state index in [4.69, 9.17) is 4.74 Å². The normalized spacial score (nSPS) is 31.8. The summed E-state index contributed by atoms with van der Waals surface area (Å²) in [6.07, 6.45) is 7.73. The highest BCUT2D eigenvalue weighted by Crippen LogP contribution is 2.43. The Bertz CT molecular complexity index is 442. The van der Waals surface area contributed by atoms with Gasteiger partial charge in [0.25, 0.3) is 0 Å². The van der Waals surface area contributed by atoms with Crippen molar-refractivity contribution in [3.63, 3.8) is 0 Å². The molecule has 0 aliphatic carbocycles. The minimum absolute atomic E-state index is 0.156. The zero-order valence-electron chi connectivity index (χ0n) is 12.5. The van der Waals surface area contributed by atoms with Crippen LogP contribution >= 0.6 is 11.8 Å². The van der Waals surface area contributed by atoms with Gasteiger partial charge in [0, 0.05) is 37.2 Å². The number of aromatic nitrogens is 2. The molecule has 2 fully saturated rings. The van der Waals surface area contributed by atoms with Gasteiger partial charge in [-0.2, -0.15) is 16.9 Å². The second kappa shape index (κ2) is 6.08. The average molecular weight is 295 g/mol. The van der Waals surface area contributed by atoms with Gasteiger partial charge in [0.15, 0.2) is 0 Å². The van der Waals surface area contributed by atoms with Crippen LogP contribution in [-0.4, -0.2) is 40.0 Å². The molecule has 2 aliphatic rings. The van der Waals surface area contributed by atoms with Crippen molar-refractivity contribution in [3.8, 4) is 0 Å². The summed E-state index contributed by atoms with van der Waals surface area (Å²) >= 11 is 2.04. The van der Waals surface area contributed by atoms with E-state index < -0.39 is 0 Å². The molecule has 0 saturated carbocycles. The third kappa shape index (κ3) is 2.90. The molecule has 3 rings (SSSR count). The van der Waals surface area contributed by atoms with Crippen molar-refractivity contribution < 1.29 is 4.74 Å². The lowest BCUT2D eigenvalue weighted by Crippen LogP contribution is -2.43. The molecule has 1 spiro atoms. The number of rotatable bonds is 4. The van der Waals surface area contributed by atoms with Crippen molar-refractivity contribution in [1.82, 2.24) is 15.1 Å². The lowest BCUT2D eigenvalue weighted by Gasteiger charge is -2.41. The molecule has 3 atom stereocenters. The lowest BCUT2D eigenvalue weighted by atomic mass is 9.79. The maximum atomic E-state index is 6.16. The molecule has 112 valence electrons. The van der Waals surface area contributed by atoms with E-state index in [1.54, 1.807) is 0 Å². The van der Waals surface area contributed by atoms with Crippen LogP contribution in [-0.2, 0) is 11.8 Å². The van der Waals surface area contributed by atoms with E-state index in [0.717, 1.165) is 19.6 Å². The molecule has 3 heterocycles. The summed E-state index contributed by atoms with van der Waals surface area (Å²) in [4.78, 5) is 0. The predicted octanol–water partition coefficient (Wildman–Crippen LogP) is 2.37. The van der Waals surface area contributed by atoms with Crippen LogP contribution in [0.4, 0.5) is 0 Å². The standard InChI is InChI=1S/C15H25N3OS/c1-3-16-14(13-9-17-18(2)10-13)12-4-6-19-15(8-12)5-7-20-11-15/h9-10,12,14,16H,3-8,11H2,1-2H3. The van der Waals surface area contributed by atoms with Gasteiger partial charge in [-0.3, -0.25) is 4.68 Å². The van der Waals surface area contributed by atoms with Crippen LogP contribution in [0.5, 0.6) is 0 Å². The zero-order chi connectivity index (χ0) is 14.0. The Balaban J connectivity index is 1.76. The Morgan fingerprint density at radius 3 is 3.20 bits per heavy atom. The van der Waals surface area contributed by atoms with Crippen LogP contribution in [0.15, 0.2) is 12.4 Å².